The summed E-state index contributed by atoms with van der Waals surface area (Å²) in [7, 11) is 0. The first-order chi connectivity index (χ1) is 8.84. The van der Waals surface area contributed by atoms with Gasteiger partial charge in [0.15, 0.2) is 5.82 Å². The number of nitrogen functional groups attached to an aromatic ring is 1. The summed E-state index contributed by atoms with van der Waals surface area (Å²) < 4.78 is 4.68. The first kappa shape index (κ1) is 10.5. The van der Waals surface area contributed by atoms with Crippen molar-refractivity contribution < 1.29 is 4.52 Å². The lowest BCUT2D eigenvalue weighted by Crippen LogP contribution is -2.02. The molecular formula is C12H11N5O. The highest BCUT2D eigenvalue weighted by Crippen LogP contribution is 2.26. The minimum absolute atomic E-state index is 0.490. The number of rotatable bonds is 3. The lowest BCUT2D eigenvalue weighted by atomic mass is 10.1. The van der Waals surface area contributed by atoms with Crippen molar-refractivity contribution in [1.82, 2.24) is 15.1 Å². The molecule has 0 atom stereocenters. The van der Waals surface area contributed by atoms with E-state index in [1.807, 2.05) is 24.3 Å². The number of pyridine rings is 1. The second-order valence-corrected chi connectivity index (χ2v) is 3.80. The average Bonchev–Trinajstić information content (AvgIpc) is 2.92. The smallest absolute Gasteiger partial charge is 0.213 e. The van der Waals surface area contributed by atoms with Crippen LogP contribution in [0.15, 0.2) is 41.4 Å². The second kappa shape index (κ2) is 4.33. The molecule has 0 saturated carbocycles. The van der Waals surface area contributed by atoms with E-state index >= 15 is 0 Å². The Morgan fingerprint density at radius 2 is 2.17 bits per heavy atom. The van der Waals surface area contributed by atoms with Gasteiger partial charge in [0, 0.05) is 17.3 Å². The summed E-state index contributed by atoms with van der Waals surface area (Å²) in [6, 6.07) is 7.59. The fourth-order valence-electron chi connectivity index (χ4n) is 1.79. The summed E-state index contributed by atoms with van der Waals surface area (Å²) in [5.41, 5.74) is 8.28. The Labute approximate surface area is 103 Å². The van der Waals surface area contributed by atoms with Crippen molar-refractivity contribution in [2.75, 3.05) is 11.1 Å². The maximum absolute atomic E-state index is 5.89. The zero-order valence-electron chi connectivity index (χ0n) is 9.50. The molecule has 3 N–H and O–H groups in total. The van der Waals surface area contributed by atoms with E-state index in [0.717, 1.165) is 16.6 Å². The van der Waals surface area contributed by atoms with Gasteiger partial charge in [-0.3, -0.25) is 4.98 Å². The monoisotopic (exact) mass is 241 g/mol. The van der Waals surface area contributed by atoms with E-state index in [4.69, 9.17) is 5.73 Å². The van der Waals surface area contributed by atoms with Crippen molar-refractivity contribution in [1.29, 1.82) is 0 Å². The van der Waals surface area contributed by atoms with Crippen molar-refractivity contribution in [3.05, 3.63) is 42.7 Å². The van der Waals surface area contributed by atoms with Crippen LogP contribution in [0.4, 0.5) is 11.4 Å². The van der Waals surface area contributed by atoms with Crippen molar-refractivity contribution in [3.8, 4) is 0 Å². The molecule has 2 heterocycles. The van der Waals surface area contributed by atoms with Crippen LogP contribution in [0, 0.1) is 0 Å². The van der Waals surface area contributed by atoms with Crippen LogP contribution in [0.5, 0.6) is 0 Å². The topological polar surface area (TPSA) is 89.9 Å². The van der Waals surface area contributed by atoms with Gasteiger partial charge in [-0.15, -0.1) is 0 Å². The molecule has 18 heavy (non-hydrogen) atoms. The number of benzene rings is 1. The zero-order chi connectivity index (χ0) is 12.4. The molecule has 90 valence electrons. The van der Waals surface area contributed by atoms with Crippen molar-refractivity contribution >= 4 is 22.3 Å². The van der Waals surface area contributed by atoms with Crippen LogP contribution >= 0.6 is 0 Å². The van der Waals surface area contributed by atoms with E-state index in [1.165, 1.54) is 6.39 Å². The fraction of sp³-hybridized carbons (Fsp3) is 0.0833. The maximum Gasteiger partial charge on any atom is 0.213 e. The molecule has 6 heteroatoms. The minimum Gasteiger partial charge on any atom is -0.397 e. The standard InChI is InChI=1S/C12H11N5O/c13-9-3-4-10(8-2-1-5-14-12(8)9)15-6-11-16-7-18-17-11/h1-5,7,15H,6,13H2. The van der Waals surface area contributed by atoms with Crippen LogP contribution in [-0.2, 0) is 6.54 Å². The third-order valence-corrected chi connectivity index (χ3v) is 2.64. The van der Waals surface area contributed by atoms with Gasteiger partial charge in [0.25, 0.3) is 0 Å². The predicted octanol–water partition coefficient (Wildman–Crippen LogP) is 1.81. The number of hydrogen-bond donors (Lipinski definition) is 2. The molecule has 6 nitrogen and oxygen atoms in total. The number of nitrogens with one attached hydrogen (secondary N) is 1. The van der Waals surface area contributed by atoms with Gasteiger partial charge in [0.2, 0.25) is 6.39 Å². The number of anilines is 2. The van der Waals surface area contributed by atoms with Crippen LogP contribution in [0.1, 0.15) is 5.82 Å². The Bertz CT molecular complexity index is 665. The SMILES string of the molecule is Nc1ccc(NCc2ncon2)c2cccnc12. The van der Waals surface area contributed by atoms with E-state index < -0.39 is 0 Å². The van der Waals surface area contributed by atoms with Gasteiger partial charge in [0.05, 0.1) is 17.7 Å². The molecule has 0 aliphatic heterocycles. The summed E-state index contributed by atoms with van der Waals surface area (Å²) in [5, 5.41) is 7.95. The number of aromatic nitrogens is 3. The van der Waals surface area contributed by atoms with Crippen molar-refractivity contribution in [2.24, 2.45) is 0 Å². The fourth-order valence-corrected chi connectivity index (χ4v) is 1.79. The molecule has 0 spiro atoms. The first-order valence-electron chi connectivity index (χ1n) is 5.47. The molecule has 0 aliphatic carbocycles. The largest absolute Gasteiger partial charge is 0.397 e. The first-order valence-corrected chi connectivity index (χ1v) is 5.47. The third-order valence-electron chi connectivity index (χ3n) is 2.64. The molecule has 0 amide bonds. The highest BCUT2D eigenvalue weighted by atomic mass is 16.5. The normalized spacial score (nSPS) is 10.7. The number of fused-ring (bicyclic) bond motifs is 1. The Morgan fingerprint density at radius 1 is 1.22 bits per heavy atom. The van der Waals surface area contributed by atoms with Gasteiger partial charge in [0.1, 0.15) is 0 Å². The van der Waals surface area contributed by atoms with Gasteiger partial charge in [-0.05, 0) is 24.3 Å². The van der Waals surface area contributed by atoms with Crippen molar-refractivity contribution in [2.45, 2.75) is 6.54 Å². The molecule has 3 aromatic rings. The third kappa shape index (κ3) is 1.84. The van der Waals surface area contributed by atoms with Crippen LogP contribution in [0.25, 0.3) is 10.9 Å². The summed E-state index contributed by atoms with van der Waals surface area (Å²) in [6.07, 6.45) is 3.03. The van der Waals surface area contributed by atoms with E-state index in [0.29, 0.717) is 18.1 Å². The lowest BCUT2D eigenvalue weighted by Gasteiger charge is -2.09. The molecule has 0 bridgehead atoms. The summed E-state index contributed by atoms with van der Waals surface area (Å²) in [4.78, 5) is 8.22. The predicted molar refractivity (Wildman–Crippen MR) is 67.8 cm³/mol. The number of nitrogens with zero attached hydrogens (tertiary/aromatic N) is 3. The van der Waals surface area contributed by atoms with E-state index in [2.05, 4.69) is 25.0 Å². The Kier molecular flexibility index (Phi) is 2.53. The molecule has 0 fully saturated rings. The summed E-state index contributed by atoms with van der Waals surface area (Å²) in [6.45, 7) is 0.490. The molecule has 2 aromatic heterocycles. The second-order valence-electron chi connectivity index (χ2n) is 3.80. The summed E-state index contributed by atoms with van der Waals surface area (Å²) >= 11 is 0. The Hall–Kier alpha value is -2.63. The zero-order valence-corrected chi connectivity index (χ0v) is 9.50. The van der Waals surface area contributed by atoms with Crippen LogP contribution in [0.3, 0.4) is 0 Å². The number of nitrogens with two attached hydrogens (primary N) is 1. The molecule has 0 radical (unpaired) electrons. The van der Waals surface area contributed by atoms with Gasteiger partial charge >= 0.3 is 0 Å². The van der Waals surface area contributed by atoms with Crippen LogP contribution < -0.4 is 11.1 Å². The number of hydrogen-bond acceptors (Lipinski definition) is 6. The molecule has 0 aliphatic rings. The van der Waals surface area contributed by atoms with Gasteiger partial charge in [-0.2, -0.15) is 4.98 Å². The van der Waals surface area contributed by atoms with Crippen molar-refractivity contribution in [3.63, 3.8) is 0 Å². The molecule has 0 unspecified atom stereocenters. The summed E-state index contributed by atoms with van der Waals surface area (Å²) in [5.74, 6) is 0.601. The highest BCUT2D eigenvalue weighted by Gasteiger charge is 2.05. The van der Waals surface area contributed by atoms with Gasteiger partial charge in [-0.25, -0.2) is 0 Å². The molecule has 0 saturated heterocycles. The minimum atomic E-state index is 0.490. The van der Waals surface area contributed by atoms with E-state index in [9.17, 15) is 0 Å². The quantitative estimate of drug-likeness (QED) is 0.680. The molecule has 3 rings (SSSR count). The molecule has 1 aromatic carbocycles. The Balaban J connectivity index is 1.94. The molecular weight excluding hydrogens is 230 g/mol. The Morgan fingerprint density at radius 3 is 3.00 bits per heavy atom. The highest BCUT2D eigenvalue weighted by molar-refractivity contribution is 5.98. The maximum atomic E-state index is 5.89. The lowest BCUT2D eigenvalue weighted by molar-refractivity contribution is 0.411. The van der Waals surface area contributed by atoms with Gasteiger partial charge < -0.3 is 15.6 Å². The van der Waals surface area contributed by atoms with Crippen LogP contribution in [-0.4, -0.2) is 15.1 Å². The average molecular weight is 241 g/mol. The van der Waals surface area contributed by atoms with Crippen LogP contribution in [0.2, 0.25) is 0 Å². The van der Waals surface area contributed by atoms with E-state index in [-0.39, 0.29) is 0 Å². The van der Waals surface area contributed by atoms with Gasteiger partial charge in [-0.1, -0.05) is 5.16 Å². The van der Waals surface area contributed by atoms with E-state index in [1.54, 1.807) is 6.20 Å².